The molecule has 0 spiro atoms. The predicted molar refractivity (Wildman–Crippen MR) is 68.2 cm³/mol. The number of rotatable bonds is 4. The number of nitrogens with zero attached hydrogens (tertiary/aromatic N) is 3. The Morgan fingerprint density at radius 3 is 2.71 bits per heavy atom. The first-order valence-corrected chi connectivity index (χ1v) is 6.87. The van der Waals surface area contributed by atoms with Gasteiger partial charge in [-0.1, -0.05) is 24.4 Å². The van der Waals surface area contributed by atoms with E-state index in [9.17, 15) is 0 Å². The van der Waals surface area contributed by atoms with Gasteiger partial charge in [-0.15, -0.1) is 11.6 Å². The third-order valence-corrected chi connectivity index (χ3v) is 4.01. The Bertz CT molecular complexity index is 428. The van der Waals surface area contributed by atoms with E-state index in [-0.39, 0.29) is 0 Å². The Kier molecular flexibility index (Phi) is 4.31. The topological polar surface area (TPSA) is 41.6 Å². The molecule has 1 aliphatic carbocycles. The molecule has 0 saturated heterocycles. The number of alkyl halides is 1. The van der Waals surface area contributed by atoms with E-state index in [2.05, 4.69) is 11.2 Å². The highest BCUT2D eigenvalue weighted by molar-refractivity contribution is 6.31. The lowest BCUT2D eigenvalue weighted by Gasteiger charge is -2.06. The molecular formula is C12H15Cl2N3. The van der Waals surface area contributed by atoms with Gasteiger partial charge in [0.05, 0.1) is 30.6 Å². The monoisotopic (exact) mass is 271 g/mol. The highest BCUT2D eigenvalue weighted by atomic mass is 35.5. The van der Waals surface area contributed by atoms with Crippen LogP contribution in [0.1, 0.15) is 49.3 Å². The lowest BCUT2D eigenvalue weighted by molar-refractivity contribution is 0.595. The molecule has 0 amide bonds. The second kappa shape index (κ2) is 5.75. The van der Waals surface area contributed by atoms with Crippen molar-refractivity contribution >= 4 is 23.2 Å². The van der Waals surface area contributed by atoms with Gasteiger partial charge in [-0.3, -0.25) is 4.68 Å². The van der Waals surface area contributed by atoms with Crippen molar-refractivity contribution in [2.24, 2.45) is 0 Å². The molecule has 0 N–H and O–H groups in total. The van der Waals surface area contributed by atoms with E-state index >= 15 is 0 Å². The van der Waals surface area contributed by atoms with Crippen molar-refractivity contribution in [2.45, 2.75) is 50.4 Å². The molecular weight excluding hydrogens is 257 g/mol. The maximum absolute atomic E-state index is 8.60. The summed E-state index contributed by atoms with van der Waals surface area (Å²) >= 11 is 12.2. The fourth-order valence-corrected chi connectivity index (χ4v) is 3.07. The van der Waals surface area contributed by atoms with Crippen LogP contribution in [0.4, 0.5) is 0 Å². The van der Waals surface area contributed by atoms with E-state index in [1.165, 1.54) is 25.7 Å². The Morgan fingerprint density at radius 2 is 2.12 bits per heavy atom. The third-order valence-electron chi connectivity index (χ3n) is 3.32. The highest BCUT2D eigenvalue weighted by Gasteiger charge is 2.25. The van der Waals surface area contributed by atoms with Gasteiger partial charge in [0.2, 0.25) is 0 Å². The maximum atomic E-state index is 8.60. The zero-order valence-corrected chi connectivity index (χ0v) is 11.1. The SMILES string of the molecule is N#CCCn1nc(C2CCCC2)c(CCl)c1Cl. The van der Waals surface area contributed by atoms with Crippen molar-refractivity contribution in [1.82, 2.24) is 9.78 Å². The molecule has 0 aliphatic heterocycles. The van der Waals surface area contributed by atoms with E-state index < -0.39 is 0 Å². The molecule has 5 heteroatoms. The number of halogens is 2. The molecule has 1 fully saturated rings. The minimum Gasteiger partial charge on any atom is -0.252 e. The molecule has 1 aliphatic rings. The predicted octanol–water partition coefficient (Wildman–Crippen LogP) is 3.85. The Hall–Kier alpha value is -0.720. The van der Waals surface area contributed by atoms with Crippen LogP contribution in [0.15, 0.2) is 0 Å². The summed E-state index contributed by atoms with van der Waals surface area (Å²) < 4.78 is 1.72. The van der Waals surface area contributed by atoms with Gasteiger partial charge in [0, 0.05) is 11.5 Å². The number of aryl methyl sites for hydroxylation is 1. The van der Waals surface area contributed by atoms with Gasteiger partial charge < -0.3 is 0 Å². The molecule has 1 aromatic heterocycles. The van der Waals surface area contributed by atoms with Gasteiger partial charge in [0.15, 0.2) is 0 Å². The van der Waals surface area contributed by atoms with Crippen molar-refractivity contribution in [3.8, 4) is 6.07 Å². The van der Waals surface area contributed by atoms with Crippen LogP contribution in [0.2, 0.25) is 5.15 Å². The summed E-state index contributed by atoms with van der Waals surface area (Å²) in [6.45, 7) is 0.548. The number of hydrogen-bond acceptors (Lipinski definition) is 2. The van der Waals surface area contributed by atoms with Gasteiger partial charge in [-0.25, -0.2) is 0 Å². The number of aromatic nitrogens is 2. The molecule has 0 bridgehead atoms. The molecule has 0 radical (unpaired) electrons. The molecule has 0 aromatic carbocycles. The fraction of sp³-hybridized carbons (Fsp3) is 0.667. The first kappa shape index (κ1) is 12.7. The van der Waals surface area contributed by atoms with Crippen LogP contribution in [0.5, 0.6) is 0 Å². The second-order valence-electron chi connectivity index (χ2n) is 4.40. The molecule has 3 nitrogen and oxygen atoms in total. The third kappa shape index (κ3) is 2.59. The standard InChI is InChI=1S/C12H15Cl2N3/c13-8-10-11(9-4-1-2-5-9)16-17(12(10)14)7-3-6-15/h9H,1-5,7-8H2. The van der Waals surface area contributed by atoms with Crippen molar-refractivity contribution in [3.63, 3.8) is 0 Å². The summed E-state index contributed by atoms with van der Waals surface area (Å²) in [5.74, 6) is 0.904. The summed E-state index contributed by atoms with van der Waals surface area (Å²) in [4.78, 5) is 0. The zero-order chi connectivity index (χ0) is 12.3. The summed E-state index contributed by atoms with van der Waals surface area (Å²) in [7, 11) is 0. The molecule has 1 saturated carbocycles. The van der Waals surface area contributed by atoms with Crippen molar-refractivity contribution in [3.05, 3.63) is 16.4 Å². The average molecular weight is 272 g/mol. The first-order chi connectivity index (χ1) is 8.27. The Labute approximate surface area is 111 Å². The van der Waals surface area contributed by atoms with Crippen molar-refractivity contribution in [2.75, 3.05) is 0 Å². The van der Waals surface area contributed by atoms with Crippen LogP contribution in [0.3, 0.4) is 0 Å². The van der Waals surface area contributed by atoms with E-state index in [1.54, 1.807) is 4.68 Å². The Morgan fingerprint density at radius 1 is 1.41 bits per heavy atom. The normalized spacial score (nSPS) is 16.3. The van der Waals surface area contributed by atoms with E-state index in [0.29, 0.717) is 29.9 Å². The van der Waals surface area contributed by atoms with Crippen molar-refractivity contribution < 1.29 is 0 Å². The maximum Gasteiger partial charge on any atom is 0.131 e. The number of nitriles is 1. The van der Waals surface area contributed by atoms with Crippen LogP contribution in [-0.2, 0) is 12.4 Å². The Balaban J connectivity index is 2.27. The van der Waals surface area contributed by atoms with E-state index in [4.69, 9.17) is 28.5 Å². The van der Waals surface area contributed by atoms with Crippen LogP contribution in [0, 0.1) is 11.3 Å². The largest absolute Gasteiger partial charge is 0.252 e. The molecule has 2 rings (SSSR count). The summed E-state index contributed by atoms with van der Waals surface area (Å²) in [6, 6.07) is 2.11. The van der Waals surface area contributed by atoms with E-state index in [0.717, 1.165) is 11.3 Å². The summed E-state index contributed by atoms with van der Waals surface area (Å²) in [5.41, 5.74) is 2.01. The minimum absolute atomic E-state index is 0.400. The van der Waals surface area contributed by atoms with Gasteiger partial charge >= 0.3 is 0 Å². The summed E-state index contributed by atoms with van der Waals surface area (Å²) in [6.07, 6.45) is 5.29. The highest BCUT2D eigenvalue weighted by Crippen LogP contribution is 2.37. The first-order valence-electron chi connectivity index (χ1n) is 5.96. The molecule has 1 heterocycles. The second-order valence-corrected chi connectivity index (χ2v) is 5.03. The minimum atomic E-state index is 0.400. The van der Waals surface area contributed by atoms with Crippen LogP contribution >= 0.6 is 23.2 Å². The average Bonchev–Trinajstić information content (AvgIpc) is 2.94. The lowest BCUT2D eigenvalue weighted by atomic mass is 10.0. The molecule has 0 unspecified atom stereocenters. The van der Waals surface area contributed by atoms with Crippen LogP contribution in [0.25, 0.3) is 0 Å². The zero-order valence-electron chi connectivity index (χ0n) is 9.62. The molecule has 17 heavy (non-hydrogen) atoms. The quantitative estimate of drug-likeness (QED) is 0.781. The molecule has 92 valence electrons. The lowest BCUT2D eigenvalue weighted by Crippen LogP contribution is -2.01. The molecule has 0 atom stereocenters. The van der Waals surface area contributed by atoms with Gasteiger partial charge in [-0.2, -0.15) is 10.4 Å². The van der Waals surface area contributed by atoms with Gasteiger partial charge in [0.25, 0.3) is 0 Å². The molecule has 1 aromatic rings. The van der Waals surface area contributed by atoms with Crippen LogP contribution in [-0.4, -0.2) is 9.78 Å². The van der Waals surface area contributed by atoms with E-state index in [1.807, 2.05) is 0 Å². The van der Waals surface area contributed by atoms with Crippen molar-refractivity contribution in [1.29, 1.82) is 5.26 Å². The van der Waals surface area contributed by atoms with Gasteiger partial charge in [0.1, 0.15) is 5.15 Å². The smallest absolute Gasteiger partial charge is 0.131 e. The number of hydrogen-bond donors (Lipinski definition) is 0. The fourth-order valence-electron chi connectivity index (χ4n) is 2.45. The summed E-state index contributed by atoms with van der Waals surface area (Å²) in [5, 5.41) is 13.8. The van der Waals surface area contributed by atoms with Gasteiger partial charge in [-0.05, 0) is 12.8 Å². The van der Waals surface area contributed by atoms with Crippen LogP contribution < -0.4 is 0 Å².